The van der Waals surface area contributed by atoms with Gasteiger partial charge in [0.1, 0.15) is 5.78 Å². The number of carboxylic acid groups (broad SMARTS) is 1. The van der Waals surface area contributed by atoms with Gasteiger partial charge in [-0.05, 0) is 86.0 Å². The molecule has 6 atom stereocenters. The quantitative estimate of drug-likeness (QED) is 0.559. The molecule has 30 heavy (non-hydrogen) atoms. The number of aliphatic carboxylic acids is 1. The predicted octanol–water partition coefficient (Wildman–Crippen LogP) is 6.09. The summed E-state index contributed by atoms with van der Waals surface area (Å²) in [6.07, 6.45) is 9.47. The lowest BCUT2D eigenvalue weighted by atomic mass is 9.50. The molecule has 4 nitrogen and oxygen atoms in total. The molecule has 1 N–H and O–H groups in total. The first-order valence-electron chi connectivity index (χ1n) is 11.7. The van der Waals surface area contributed by atoms with Crippen molar-refractivity contribution in [1.29, 1.82) is 0 Å². The minimum Gasteiger partial charge on any atom is -0.481 e. The molecule has 2 fully saturated rings. The molecule has 0 amide bonds. The SMILES string of the molecule is CC(=O)C1CCC(C)C2C[C@H](C)C3=CC(=O)CCC3(C)[C@H]2CCC1(C)C.CC(=O)O. The van der Waals surface area contributed by atoms with Gasteiger partial charge in [-0.2, -0.15) is 0 Å². The van der Waals surface area contributed by atoms with E-state index < -0.39 is 5.97 Å². The first kappa shape index (κ1) is 24.8. The Hall–Kier alpha value is -1.45. The van der Waals surface area contributed by atoms with E-state index in [1.54, 1.807) is 6.92 Å². The van der Waals surface area contributed by atoms with E-state index in [1.807, 2.05) is 6.08 Å². The molecule has 0 heterocycles. The zero-order chi connectivity index (χ0) is 22.9. The molecule has 3 rings (SSSR count). The Morgan fingerprint density at radius 3 is 2.20 bits per heavy atom. The molecule has 0 aromatic carbocycles. The van der Waals surface area contributed by atoms with Crippen LogP contribution in [0.4, 0.5) is 0 Å². The maximum Gasteiger partial charge on any atom is 0.300 e. The number of fused-ring (bicyclic) bond motifs is 3. The minimum atomic E-state index is -0.833. The third kappa shape index (κ3) is 5.23. The van der Waals surface area contributed by atoms with Gasteiger partial charge < -0.3 is 5.11 Å². The molecule has 0 radical (unpaired) electrons. The molecule has 0 aromatic heterocycles. The smallest absolute Gasteiger partial charge is 0.300 e. The van der Waals surface area contributed by atoms with Crippen LogP contribution in [0.2, 0.25) is 0 Å². The molecule has 2 saturated carbocycles. The maximum absolute atomic E-state index is 12.3. The first-order valence-corrected chi connectivity index (χ1v) is 11.7. The van der Waals surface area contributed by atoms with Crippen molar-refractivity contribution < 1.29 is 19.5 Å². The molecule has 3 aliphatic rings. The number of carbonyl (C=O) groups is 3. The molecular weight excluding hydrogens is 376 g/mol. The van der Waals surface area contributed by atoms with Gasteiger partial charge in [-0.1, -0.05) is 40.2 Å². The summed E-state index contributed by atoms with van der Waals surface area (Å²) in [7, 11) is 0. The second-order valence-corrected chi connectivity index (χ2v) is 11.2. The minimum absolute atomic E-state index is 0.0776. The van der Waals surface area contributed by atoms with E-state index in [-0.39, 0.29) is 16.7 Å². The highest BCUT2D eigenvalue weighted by atomic mass is 16.4. The van der Waals surface area contributed by atoms with Crippen molar-refractivity contribution in [2.75, 3.05) is 0 Å². The van der Waals surface area contributed by atoms with Crippen LogP contribution in [0, 0.1) is 40.4 Å². The van der Waals surface area contributed by atoms with E-state index in [1.165, 1.54) is 18.4 Å². The topological polar surface area (TPSA) is 71.4 Å². The van der Waals surface area contributed by atoms with Crippen molar-refractivity contribution in [2.45, 2.75) is 93.4 Å². The highest BCUT2D eigenvalue weighted by molar-refractivity contribution is 5.91. The third-order valence-corrected chi connectivity index (χ3v) is 8.53. The van der Waals surface area contributed by atoms with Gasteiger partial charge in [-0.15, -0.1) is 0 Å². The summed E-state index contributed by atoms with van der Waals surface area (Å²) < 4.78 is 0. The van der Waals surface area contributed by atoms with Crippen LogP contribution in [-0.4, -0.2) is 22.6 Å². The number of ketones is 2. The summed E-state index contributed by atoms with van der Waals surface area (Å²) in [5, 5.41) is 7.42. The Morgan fingerprint density at radius 1 is 1.03 bits per heavy atom. The summed E-state index contributed by atoms with van der Waals surface area (Å²) in [5.41, 5.74) is 1.69. The Bertz CT molecular complexity index is 700. The van der Waals surface area contributed by atoms with Crippen molar-refractivity contribution in [1.82, 2.24) is 0 Å². The average molecular weight is 419 g/mol. The van der Waals surface area contributed by atoms with Crippen LogP contribution >= 0.6 is 0 Å². The zero-order valence-corrected chi connectivity index (χ0v) is 20.1. The largest absolute Gasteiger partial charge is 0.481 e. The zero-order valence-electron chi connectivity index (χ0n) is 20.1. The Morgan fingerprint density at radius 2 is 1.63 bits per heavy atom. The highest BCUT2D eigenvalue weighted by Gasteiger charge is 2.51. The van der Waals surface area contributed by atoms with E-state index in [0.29, 0.717) is 35.7 Å². The van der Waals surface area contributed by atoms with Crippen molar-refractivity contribution in [3.63, 3.8) is 0 Å². The number of allylic oxidation sites excluding steroid dienone is 2. The molecule has 0 aliphatic heterocycles. The van der Waals surface area contributed by atoms with Gasteiger partial charge in [-0.25, -0.2) is 0 Å². The van der Waals surface area contributed by atoms with Crippen molar-refractivity contribution >= 4 is 17.5 Å². The number of hydrogen-bond donors (Lipinski definition) is 1. The summed E-state index contributed by atoms with van der Waals surface area (Å²) >= 11 is 0. The molecule has 170 valence electrons. The predicted molar refractivity (Wildman–Crippen MR) is 120 cm³/mol. The molecule has 0 bridgehead atoms. The second kappa shape index (κ2) is 9.36. The first-order chi connectivity index (χ1) is 13.8. The van der Waals surface area contributed by atoms with Gasteiger partial charge in [0.2, 0.25) is 0 Å². The summed E-state index contributed by atoms with van der Waals surface area (Å²) in [4.78, 5) is 33.5. The van der Waals surface area contributed by atoms with Gasteiger partial charge in [-0.3, -0.25) is 14.4 Å². The fourth-order valence-electron chi connectivity index (χ4n) is 6.87. The van der Waals surface area contributed by atoms with Crippen LogP contribution in [-0.2, 0) is 14.4 Å². The van der Waals surface area contributed by atoms with Crippen LogP contribution in [0.3, 0.4) is 0 Å². The van der Waals surface area contributed by atoms with Gasteiger partial charge in [0.25, 0.3) is 5.97 Å². The van der Waals surface area contributed by atoms with E-state index in [4.69, 9.17) is 9.90 Å². The fourth-order valence-corrected chi connectivity index (χ4v) is 6.87. The number of Topliss-reactive ketones (excluding diaryl/α,β-unsaturated/α-hetero) is 1. The van der Waals surface area contributed by atoms with Crippen LogP contribution in [0.15, 0.2) is 11.6 Å². The Labute approximate surface area is 182 Å². The molecule has 0 aromatic rings. The fraction of sp³-hybridized carbons (Fsp3) is 0.808. The second-order valence-electron chi connectivity index (χ2n) is 11.2. The molecular formula is C26H42O4. The molecule has 4 heteroatoms. The third-order valence-electron chi connectivity index (χ3n) is 8.53. The van der Waals surface area contributed by atoms with Crippen LogP contribution < -0.4 is 0 Å². The van der Waals surface area contributed by atoms with Crippen LogP contribution in [0.5, 0.6) is 0 Å². The number of carbonyl (C=O) groups excluding carboxylic acids is 2. The summed E-state index contributed by atoms with van der Waals surface area (Å²) in [6, 6.07) is 0. The van der Waals surface area contributed by atoms with Crippen molar-refractivity contribution in [3.05, 3.63) is 11.6 Å². The highest BCUT2D eigenvalue weighted by Crippen LogP contribution is 2.59. The molecule has 0 spiro atoms. The van der Waals surface area contributed by atoms with Crippen molar-refractivity contribution in [3.8, 4) is 0 Å². The lowest BCUT2D eigenvalue weighted by Gasteiger charge is -2.54. The number of hydrogen-bond acceptors (Lipinski definition) is 3. The van der Waals surface area contributed by atoms with Gasteiger partial charge in [0.05, 0.1) is 0 Å². The normalized spacial score (nSPS) is 38.3. The van der Waals surface area contributed by atoms with Gasteiger partial charge in [0, 0.05) is 19.3 Å². The van der Waals surface area contributed by atoms with Crippen molar-refractivity contribution in [2.24, 2.45) is 40.4 Å². The monoisotopic (exact) mass is 418 g/mol. The standard InChI is InChI=1S/C24H38O2.C2H4O2/c1-15-7-8-20(17(3)25)23(4,5)11-10-21-19(15)13-16(2)22-14-18(26)9-12-24(21,22)6;1-2(3)4/h14-16,19-21H,7-13H2,1-6H3;1H3,(H,3,4)/t15?,16-,19?,20?,21-,24?;/m0./s1. The van der Waals surface area contributed by atoms with E-state index in [0.717, 1.165) is 38.5 Å². The van der Waals surface area contributed by atoms with Crippen LogP contribution in [0.25, 0.3) is 0 Å². The maximum atomic E-state index is 12.3. The molecule has 4 unspecified atom stereocenters. The summed E-state index contributed by atoms with van der Waals surface area (Å²) in [6.45, 7) is 14.7. The number of carboxylic acids is 1. The van der Waals surface area contributed by atoms with E-state index in [2.05, 4.69) is 34.6 Å². The lowest BCUT2D eigenvalue weighted by molar-refractivity contribution is -0.134. The average Bonchev–Trinajstić information content (AvgIpc) is 2.65. The lowest BCUT2D eigenvalue weighted by Crippen LogP contribution is -2.46. The van der Waals surface area contributed by atoms with Gasteiger partial charge >= 0.3 is 0 Å². The van der Waals surface area contributed by atoms with Gasteiger partial charge in [0.15, 0.2) is 5.78 Å². The van der Waals surface area contributed by atoms with E-state index in [9.17, 15) is 9.59 Å². The number of rotatable bonds is 1. The molecule has 0 saturated heterocycles. The van der Waals surface area contributed by atoms with Crippen LogP contribution in [0.1, 0.15) is 93.4 Å². The Kier molecular flexibility index (Phi) is 7.74. The Balaban J connectivity index is 0.000000735. The molecule has 3 aliphatic carbocycles. The summed E-state index contributed by atoms with van der Waals surface area (Å²) in [5.74, 6) is 2.61. The van der Waals surface area contributed by atoms with E-state index >= 15 is 0 Å².